The third-order valence-corrected chi connectivity index (χ3v) is 7.28. The van der Waals surface area contributed by atoms with Gasteiger partial charge in [0.05, 0.1) is 5.02 Å². The lowest BCUT2D eigenvalue weighted by molar-refractivity contribution is 0.0303. The van der Waals surface area contributed by atoms with E-state index in [1.807, 2.05) is 12.1 Å². The first-order valence-electron chi connectivity index (χ1n) is 9.94. The van der Waals surface area contributed by atoms with E-state index in [4.69, 9.17) is 16.9 Å². The SMILES string of the molecule is CCCCCCCC12CCC(c3cc(F)c(C#N)c(Cl)c3)(CC1)CC2. The third-order valence-electron chi connectivity index (χ3n) is 6.98. The van der Waals surface area contributed by atoms with E-state index in [0.29, 0.717) is 5.41 Å². The summed E-state index contributed by atoms with van der Waals surface area (Å²) in [7, 11) is 0. The molecule has 136 valence electrons. The van der Waals surface area contributed by atoms with Crippen molar-refractivity contribution in [2.24, 2.45) is 5.41 Å². The summed E-state index contributed by atoms with van der Waals surface area (Å²) in [6, 6.07) is 5.30. The van der Waals surface area contributed by atoms with Gasteiger partial charge >= 0.3 is 0 Å². The van der Waals surface area contributed by atoms with Gasteiger partial charge in [-0.15, -0.1) is 0 Å². The largest absolute Gasteiger partial charge is 0.205 e. The van der Waals surface area contributed by atoms with Crippen LogP contribution in [0.4, 0.5) is 4.39 Å². The fourth-order valence-corrected chi connectivity index (χ4v) is 5.41. The second-order valence-electron chi connectivity index (χ2n) is 8.37. The highest BCUT2D eigenvalue weighted by Crippen LogP contribution is 2.59. The van der Waals surface area contributed by atoms with Crippen molar-refractivity contribution < 1.29 is 4.39 Å². The maximum absolute atomic E-state index is 14.2. The zero-order valence-corrected chi connectivity index (χ0v) is 16.1. The molecule has 0 atom stereocenters. The molecule has 0 radical (unpaired) electrons. The van der Waals surface area contributed by atoms with Crippen molar-refractivity contribution >= 4 is 11.6 Å². The van der Waals surface area contributed by atoms with Gasteiger partial charge in [-0.3, -0.25) is 0 Å². The van der Waals surface area contributed by atoms with Crippen LogP contribution in [-0.4, -0.2) is 0 Å². The molecule has 3 saturated carbocycles. The molecule has 1 aromatic carbocycles. The number of hydrogen-bond acceptors (Lipinski definition) is 1. The molecule has 0 saturated heterocycles. The second-order valence-corrected chi connectivity index (χ2v) is 8.78. The summed E-state index contributed by atoms with van der Waals surface area (Å²) in [5.41, 5.74) is 1.63. The van der Waals surface area contributed by atoms with Gasteiger partial charge in [0.2, 0.25) is 0 Å². The molecule has 3 fully saturated rings. The predicted molar refractivity (Wildman–Crippen MR) is 101 cm³/mol. The van der Waals surface area contributed by atoms with Gasteiger partial charge in [0.25, 0.3) is 0 Å². The van der Waals surface area contributed by atoms with Crippen molar-refractivity contribution in [3.63, 3.8) is 0 Å². The Morgan fingerprint density at radius 1 is 1.04 bits per heavy atom. The zero-order chi connectivity index (χ0) is 17.9. The first-order valence-corrected chi connectivity index (χ1v) is 10.3. The number of unbranched alkanes of at least 4 members (excludes halogenated alkanes) is 4. The van der Waals surface area contributed by atoms with Crippen LogP contribution in [0.1, 0.15) is 95.1 Å². The molecular formula is C22H29ClFN. The van der Waals surface area contributed by atoms with Crippen LogP contribution in [0.15, 0.2) is 12.1 Å². The molecule has 0 aliphatic heterocycles. The van der Waals surface area contributed by atoms with Crippen LogP contribution in [-0.2, 0) is 5.41 Å². The Balaban J connectivity index is 1.66. The van der Waals surface area contributed by atoms with Gasteiger partial charge in [-0.2, -0.15) is 5.26 Å². The minimum atomic E-state index is -0.460. The Bertz CT molecular complexity index is 613. The summed E-state index contributed by atoms with van der Waals surface area (Å²) < 4.78 is 14.2. The molecule has 0 amide bonds. The normalized spacial score (nSPS) is 28.1. The summed E-state index contributed by atoms with van der Waals surface area (Å²) in [4.78, 5) is 0. The van der Waals surface area contributed by atoms with Crippen molar-refractivity contribution in [3.8, 4) is 6.07 Å². The lowest BCUT2D eigenvalue weighted by Crippen LogP contribution is -2.44. The zero-order valence-electron chi connectivity index (χ0n) is 15.3. The molecule has 1 aromatic rings. The van der Waals surface area contributed by atoms with Crippen molar-refractivity contribution in [1.82, 2.24) is 0 Å². The molecule has 3 aliphatic carbocycles. The summed E-state index contributed by atoms with van der Waals surface area (Å²) >= 11 is 6.16. The van der Waals surface area contributed by atoms with Gasteiger partial charge in [0.15, 0.2) is 0 Å². The third kappa shape index (κ3) is 3.72. The van der Waals surface area contributed by atoms with E-state index in [-0.39, 0.29) is 16.0 Å². The van der Waals surface area contributed by atoms with Crippen LogP contribution < -0.4 is 0 Å². The number of fused-ring (bicyclic) bond motifs is 3. The van der Waals surface area contributed by atoms with E-state index in [1.54, 1.807) is 6.07 Å². The number of nitrogens with zero attached hydrogens (tertiary/aromatic N) is 1. The van der Waals surface area contributed by atoms with E-state index in [0.717, 1.165) is 24.8 Å². The maximum atomic E-state index is 14.2. The second kappa shape index (κ2) is 7.67. The highest BCUT2D eigenvalue weighted by Gasteiger charge is 2.49. The van der Waals surface area contributed by atoms with Gasteiger partial charge in [-0.05, 0) is 73.5 Å². The summed E-state index contributed by atoms with van der Waals surface area (Å²) in [6.07, 6.45) is 15.4. The van der Waals surface area contributed by atoms with Crippen LogP contribution in [0.2, 0.25) is 5.02 Å². The summed E-state index contributed by atoms with van der Waals surface area (Å²) in [6.45, 7) is 2.26. The Hall–Kier alpha value is -1.07. The van der Waals surface area contributed by atoms with Crippen molar-refractivity contribution in [1.29, 1.82) is 5.26 Å². The first kappa shape index (κ1) is 18.7. The first-order chi connectivity index (χ1) is 12.0. The van der Waals surface area contributed by atoms with E-state index in [1.165, 1.54) is 57.8 Å². The standard InChI is InChI=1S/C22H29ClFN/c1-2-3-4-5-6-7-21-8-11-22(12-9-21,13-10-21)17-14-19(23)18(16-25)20(24)15-17/h14-15H,2-13H2,1H3. The van der Waals surface area contributed by atoms with Gasteiger partial charge in [0.1, 0.15) is 17.4 Å². The Labute approximate surface area is 156 Å². The highest BCUT2D eigenvalue weighted by atomic mass is 35.5. The highest BCUT2D eigenvalue weighted by molar-refractivity contribution is 6.31. The summed E-state index contributed by atoms with van der Waals surface area (Å²) in [5.74, 6) is -0.460. The van der Waals surface area contributed by atoms with Gasteiger partial charge in [-0.1, -0.05) is 50.6 Å². The molecule has 0 N–H and O–H groups in total. The molecular weight excluding hydrogens is 333 g/mol. The van der Waals surface area contributed by atoms with Crippen molar-refractivity contribution in [2.45, 2.75) is 89.4 Å². The molecule has 0 aromatic heterocycles. The molecule has 4 rings (SSSR count). The molecule has 3 heteroatoms. The maximum Gasteiger partial charge on any atom is 0.142 e. The number of benzene rings is 1. The van der Waals surface area contributed by atoms with Crippen LogP contribution >= 0.6 is 11.6 Å². The molecule has 1 nitrogen and oxygen atoms in total. The van der Waals surface area contributed by atoms with Crippen LogP contribution in [0.5, 0.6) is 0 Å². The topological polar surface area (TPSA) is 23.8 Å². The smallest absolute Gasteiger partial charge is 0.142 e. The number of rotatable bonds is 7. The lowest BCUT2D eigenvalue weighted by atomic mass is 9.51. The van der Waals surface area contributed by atoms with E-state index < -0.39 is 5.82 Å². The summed E-state index contributed by atoms with van der Waals surface area (Å²) in [5, 5.41) is 9.29. The molecule has 0 spiro atoms. The average molecular weight is 362 g/mol. The Morgan fingerprint density at radius 2 is 1.68 bits per heavy atom. The molecule has 2 bridgehead atoms. The van der Waals surface area contributed by atoms with E-state index in [2.05, 4.69) is 6.92 Å². The number of nitriles is 1. The van der Waals surface area contributed by atoms with Crippen LogP contribution in [0.25, 0.3) is 0 Å². The Kier molecular flexibility index (Phi) is 5.74. The number of hydrogen-bond donors (Lipinski definition) is 0. The molecule has 0 unspecified atom stereocenters. The van der Waals surface area contributed by atoms with Crippen LogP contribution in [0, 0.1) is 22.6 Å². The molecule has 25 heavy (non-hydrogen) atoms. The minimum Gasteiger partial charge on any atom is -0.205 e. The van der Waals surface area contributed by atoms with Crippen molar-refractivity contribution in [2.75, 3.05) is 0 Å². The van der Waals surface area contributed by atoms with Gasteiger partial charge in [0, 0.05) is 0 Å². The molecule has 3 aliphatic rings. The van der Waals surface area contributed by atoms with E-state index in [9.17, 15) is 4.39 Å². The number of halogens is 2. The molecule has 0 heterocycles. The quantitative estimate of drug-likeness (QED) is 0.467. The fourth-order valence-electron chi connectivity index (χ4n) is 5.16. The van der Waals surface area contributed by atoms with Crippen molar-refractivity contribution in [3.05, 3.63) is 34.1 Å². The minimum absolute atomic E-state index is 0.0186. The van der Waals surface area contributed by atoms with Gasteiger partial charge < -0.3 is 0 Å². The van der Waals surface area contributed by atoms with Gasteiger partial charge in [-0.25, -0.2) is 4.39 Å². The predicted octanol–water partition coefficient (Wildman–Crippen LogP) is 7.30. The van der Waals surface area contributed by atoms with Crippen LogP contribution in [0.3, 0.4) is 0 Å². The fraction of sp³-hybridized carbons (Fsp3) is 0.682. The monoisotopic (exact) mass is 361 g/mol. The van der Waals surface area contributed by atoms with E-state index >= 15 is 0 Å². The average Bonchev–Trinajstić information content (AvgIpc) is 2.63. The lowest BCUT2D eigenvalue weighted by Gasteiger charge is -2.54. The Morgan fingerprint density at radius 3 is 2.24 bits per heavy atom.